The zero-order valence-corrected chi connectivity index (χ0v) is 9.57. The largest absolute Gasteiger partial charge is 0.397 e. The molecule has 98 valence electrons. The van der Waals surface area contributed by atoms with E-state index in [9.17, 15) is 18.0 Å². The molecular weight excluding hydrogens is 245 g/mol. The zero-order chi connectivity index (χ0) is 13.3. The maximum atomic E-state index is 12.3. The van der Waals surface area contributed by atoms with E-state index in [4.69, 9.17) is 5.73 Å². The SMILES string of the molecule is NC1Cc2ccccc2N(C(=O)CC(F)(F)F)C1. The number of nitrogens with two attached hydrogens (primary N) is 1. The number of rotatable bonds is 1. The van der Waals surface area contributed by atoms with Crippen molar-refractivity contribution < 1.29 is 18.0 Å². The van der Waals surface area contributed by atoms with Gasteiger partial charge in [-0.25, -0.2) is 0 Å². The highest BCUT2D eigenvalue weighted by Gasteiger charge is 2.36. The number of hydrogen-bond acceptors (Lipinski definition) is 2. The fourth-order valence-corrected chi connectivity index (χ4v) is 2.13. The molecular formula is C12H13F3N2O. The lowest BCUT2D eigenvalue weighted by atomic mass is 9.98. The Bertz CT molecular complexity index is 459. The Morgan fingerprint density at radius 1 is 1.39 bits per heavy atom. The summed E-state index contributed by atoms with van der Waals surface area (Å²) in [7, 11) is 0. The number of alkyl halides is 3. The van der Waals surface area contributed by atoms with Crippen molar-refractivity contribution in [3.8, 4) is 0 Å². The summed E-state index contributed by atoms with van der Waals surface area (Å²) in [4.78, 5) is 12.8. The molecule has 0 bridgehead atoms. The van der Waals surface area contributed by atoms with Gasteiger partial charge in [-0.1, -0.05) is 18.2 Å². The summed E-state index contributed by atoms with van der Waals surface area (Å²) in [5.74, 6) is -0.954. The molecule has 0 aromatic heterocycles. The van der Waals surface area contributed by atoms with E-state index in [1.54, 1.807) is 24.3 Å². The minimum atomic E-state index is -4.49. The Labute approximate surface area is 102 Å². The van der Waals surface area contributed by atoms with Crippen molar-refractivity contribution in [1.29, 1.82) is 0 Å². The van der Waals surface area contributed by atoms with Gasteiger partial charge in [-0.3, -0.25) is 4.79 Å². The molecule has 0 spiro atoms. The average Bonchev–Trinajstić information content (AvgIpc) is 2.25. The number of anilines is 1. The van der Waals surface area contributed by atoms with Gasteiger partial charge in [-0.2, -0.15) is 13.2 Å². The highest BCUT2D eigenvalue weighted by Crippen LogP contribution is 2.29. The van der Waals surface area contributed by atoms with Gasteiger partial charge in [0.25, 0.3) is 0 Å². The molecule has 0 aliphatic carbocycles. The number of benzene rings is 1. The predicted molar refractivity (Wildman–Crippen MR) is 61.1 cm³/mol. The first-order chi connectivity index (χ1) is 8.37. The molecule has 0 fully saturated rings. The van der Waals surface area contributed by atoms with E-state index < -0.39 is 18.5 Å². The van der Waals surface area contributed by atoms with Gasteiger partial charge in [0.2, 0.25) is 5.91 Å². The summed E-state index contributed by atoms with van der Waals surface area (Å²) >= 11 is 0. The lowest BCUT2D eigenvalue weighted by Gasteiger charge is -2.33. The lowest BCUT2D eigenvalue weighted by Crippen LogP contribution is -2.47. The summed E-state index contributed by atoms with van der Waals surface area (Å²) in [5, 5.41) is 0. The third-order valence-electron chi connectivity index (χ3n) is 2.83. The van der Waals surface area contributed by atoms with E-state index in [0.29, 0.717) is 12.1 Å². The van der Waals surface area contributed by atoms with Gasteiger partial charge in [0.15, 0.2) is 0 Å². The minimum absolute atomic E-state index is 0.131. The molecule has 0 saturated carbocycles. The third kappa shape index (κ3) is 2.81. The Hall–Kier alpha value is -1.56. The highest BCUT2D eigenvalue weighted by molar-refractivity contribution is 5.95. The van der Waals surface area contributed by atoms with Gasteiger partial charge < -0.3 is 10.6 Å². The van der Waals surface area contributed by atoms with Gasteiger partial charge in [0.1, 0.15) is 6.42 Å². The Balaban J connectivity index is 2.26. The van der Waals surface area contributed by atoms with Gasteiger partial charge in [0, 0.05) is 18.3 Å². The van der Waals surface area contributed by atoms with Crippen LogP contribution in [0, 0.1) is 0 Å². The average molecular weight is 258 g/mol. The number of carbonyl (C=O) groups excluding carboxylic acids is 1. The molecule has 1 unspecified atom stereocenters. The molecule has 6 heteroatoms. The summed E-state index contributed by atoms with van der Waals surface area (Å²) in [6.07, 6.45) is -5.37. The van der Waals surface area contributed by atoms with Crippen LogP contribution in [0.15, 0.2) is 24.3 Å². The molecule has 2 N–H and O–H groups in total. The van der Waals surface area contributed by atoms with Crippen LogP contribution in [0.4, 0.5) is 18.9 Å². The first-order valence-corrected chi connectivity index (χ1v) is 5.57. The van der Waals surface area contributed by atoms with Crippen LogP contribution in [0.2, 0.25) is 0 Å². The van der Waals surface area contributed by atoms with Crippen molar-refractivity contribution in [3.63, 3.8) is 0 Å². The van der Waals surface area contributed by atoms with Gasteiger partial charge in [-0.05, 0) is 18.1 Å². The molecule has 1 aliphatic rings. The second kappa shape index (κ2) is 4.61. The van der Waals surface area contributed by atoms with Crippen molar-refractivity contribution in [2.75, 3.05) is 11.4 Å². The van der Waals surface area contributed by atoms with Crippen molar-refractivity contribution in [2.45, 2.75) is 25.1 Å². The van der Waals surface area contributed by atoms with Crippen LogP contribution in [0.3, 0.4) is 0 Å². The van der Waals surface area contributed by atoms with Crippen molar-refractivity contribution >= 4 is 11.6 Å². The molecule has 1 aromatic carbocycles. The van der Waals surface area contributed by atoms with Crippen LogP contribution in [0.1, 0.15) is 12.0 Å². The Morgan fingerprint density at radius 3 is 2.72 bits per heavy atom. The number of carbonyl (C=O) groups is 1. The van der Waals surface area contributed by atoms with Crippen LogP contribution in [-0.4, -0.2) is 24.7 Å². The molecule has 1 aliphatic heterocycles. The van der Waals surface area contributed by atoms with Crippen LogP contribution >= 0.6 is 0 Å². The van der Waals surface area contributed by atoms with Crippen molar-refractivity contribution in [1.82, 2.24) is 0 Å². The molecule has 3 nitrogen and oxygen atoms in total. The number of halogens is 3. The Morgan fingerprint density at radius 2 is 2.06 bits per heavy atom. The summed E-state index contributed by atoms with van der Waals surface area (Å²) in [6.45, 7) is 0.131. The predicted octanol–water partition coefficient (Wildman–Crippen LogP) is 1.86. The topological polar surface area (TPSA) is 46.3 Å². The van der Waals surface area contributed by atoms with E-state index >= 15 is 0 Å². The molecule has 1 aromatic rings. The maximum absolute atomic E-state index is 12.3. The van der Waals surface area contributed by atoms with Crippen LogP contribution < -0.4 is 10.6 Å². The molecule has 0 radical (unpaired) electrons. The number of amides is 1. The Kier molecular flexibility index (Phi) is 3.30. The van der Waals surface area contributed by atoms with E-state index in [-0.39, 0.29) is 12.6 Å². The fourth-order valence-electron chi connectivity index (χ4n) is 2.13. The van der Waals surface area contributed by atoms with Crippen LogP contribution in [0.5, 0.6) is 0 Å². The summed E-state index contributed by atoms with van der Waals surface area (Å²) in [5.41, 5.74) is 7.11. The highest BCUT2D eigenvalue weighted by atomic mass is 19.4. The number of para-hydroxylation sites is 1. The smallest absolute Gasteiger partial charge is 0.326 e. The second-order valence-electron chi connectivity index (χ2n) is 4.39. The van der Waals surface area contributed by atoms with E-state index in [1.807, 2.05) is 0 Å². The third-order valence-corrected chi connectivity index (χ3v) is 2.83. The normalized spacial score (nSPS) is 19.6. The first kappa shape index (κ1) is 12.9. The zero-order valence-electron chi connectivity index (χ0n) is 9.57. The van der Waals surface area contributed by atoms with Gasteiger partial charge >= 0.3 is 6.18 Å². The van der Waals surface area contributed by atoms with E-state index in [2.05, 4.69) is 0 Å². The second-order valence-corrected chi connectivity index (χ2v) is 4.39. The van der Waals surface area contributed by atoms with Gasteiger partial charge in [-0.15, -0.1) is 0 Å². The monoisotopic (exact) mass is 258 g/mol. The van der Waals surface area contributed by atoms with E-state index in [1.165, 1.54) is 0 Å². The van der Waals surface area contributed by atoms with E-state index in [0.717, 1.165) is 10.5 Å². The number of fused-ring (bicyclic) bond motifs is 1. The molecule has 1 atom stereocenters. The van der Waals surface area contributed by atoms with Crippen molar-refractivity contribution in [2.24, 2.45) is 5.73 Å². The molecule has 1 heterocycles. The minimum Gasteiger partial charge on any atom is -0.326 e. The fraction of sp³-hybridized carbons (Fsp3) is 0.417. The van der Waals surface area contributed by atoms with Crippen molar-refractivity contribution in [3.05, 3.63) is 29.8 Å². The molecule has 2 rings (SSSR count). The first-order valence-electron chi connectivity index (χ1n) is 5.57. The van der Waals surface area contributed by atoms with Crippen LogP contribution in [-0.2, 0) is 11.2 Å². The standard InChI is InChI=1S/C12H13F3N2O/c13-12(14,15)6-11(18)17-7-9(16)5-8-3-1-2-4-10(8)17/h1-4,9H,5-7,16H2. The quantitative estimate of drug-likeness (QED) is 0.835. The molecule has 1 amide bonds. The molecule has 18 heavy (non-hydrogen) atoms. The molecule has 0 saturated heterocycles. The van der Waals surface area contributed by atoms with Gasteiger partial charge in [0.05, 0.1) is 0 Å². The van der Waals surface area contributed by atoms with Crippen LogP contribution in [0.25, 0.3) is 0 Å². The number of nitrogens with zero attached hydrogens (tertiary/aromatic N) is 1. The number of hydrogen-bond donors (Lipinski definition) is 1. The maximum Gasteiger partial charge on any atom is 0.397 e. The lowest BCUT2D eigenvalue weighted by molar-refractivity contribution is -0.152. The summed E-state index contributed by atoms with van der Waals surface area (Å²) in [6, 6.07) is 6.59. The summed E-state index contributed by atoms with van der Waals surface area (Å²) < 4.78 is 36.8.